The van der Waals surface area contributed by atoms with Crippen LogP contribution >= 0.6 is 23.2 Å². The van der Waals surface area contributed by atoms with Gasteiger partial charge >= 0.3 is 6.18 Å². The van der Waals surface area contributed by atoms with E-state index in [-0.39, 0.29) is 30.1 Å². The number of carbonyl (C=O) groups is 1. The molecule has 0 fully saturated rings. The quantitative estimate of drug-likeness (QED) is 0.565. The number of hydrogen-bond donors (Lipinski definition) is 1. The molecule has 0 saturated heterocycles. The number of nitrogens with zero attached hydrogens (tertiary/aromatic N) is 1. The summed E-state index contributed by atoms with van der Waals surface area (Å²) in [6.45, 7) is 1.67. The van der Waals surface area contributed by atoms with E-state index in [0.29, 0.717) is 16.3 Å². The van der Waals surface area contributed by atoms with Crippen molar-refractivity contribution in [3.05, 3.63) is 57.6 Å². The van der Waals surface area contributed by atoms with Gasteiger partial charge < -0.3 is 5.32 Å². The van der Waals surface area contributed by atoms with E-state index in [1.807, 2.05) is 0 Å². The van der Waals surface area contributed by atoms with Crippen molar-refractivity contribution in [2.24, 2.45) is 0 Å². The minimum atomic E-state index is -4.57. The van der Waals surface area contributed by atoms with E-state index in [1.54, 1.807) is 25.1 Å². The van der Waals surface area contributed by atoms with Gasteiger partial charge in [-0.1, -0.05) is 29.3 Å². The molecule has 0 unspecified atom stereocenters. The highest BCUT2D eigenvalue weighted by atomic mass is 35.5. The van der Waals surface area contributed by atoms with E-state index in [1.165, 1.54) is 0 Å². The minimum absolute atomic E-state index is 0.0102. The molecule has 1 amide bonds. The van der Waals surface area contributed by atoms with Crippen LogP contribution in [-0.2, 0) is 21.0 Å². The summed E-state index contributed by atoms with van der Waals surface area (Å²) in [6.07, 6.45) is -3.54. The zero-order chi connectivity index (χ0) is 22.7. The molecule has 5 nitrogen and oxygen atoms in total. The van der Waals surface area contributed by atoms with E-state index in [0.717, 1.165) is 28.8 Å². The Balaban J connectivity index is 2.08. The van der Waals surface area contributed by atoms with Gasteiger partial charge in [-0.2, -0.15) is 13.2 Å². The summed E-state index contributed by atoms with van der Waals surface area (Å²) in [6, 6.07) is 7.46. The Labute approximate surface area is 182 Å². The van der Waals surface area contributed by atoms with Gasteiger partial charge in [-0.3, -0.25) is 9.10 Å². The topological polar surface area (TPSA) is 66.5 Å². The Morgan fingerprint density at radius 2 is 1.80 bits per heavy atom. The third kappa shape index (κ3) is 6.26. The van der Waals surface area contributed by atoms with Crippen molar-refractivity contribution in [3.63, 3.8) is 0 Å². The summed E-state index contributed by atoms with van der Waals surface area (Å²) in [5.41, 5.74) is -0.139. The number of sulfonamides is 1. The molecule has 0 aliphatic carbocycles. The van der Waals surface area contributed by atoms with Crippen LogP contribution in [0.1, 0.15) is 24.0 Å². The molecule has 164 valence electrons. The van der Waals surface area contributed by atoms with Crippen molar-refractivity contribution in [1.82, 2.24) is 0 Å². The second kappa shape index (κ2) is 9.45. The van der Waals surface area contributed by atoms with Gasteiger partial charge in [0.15, 0.2) is 0 Å². The highest BCUT2D eigenvalue weighted by Gasteiger charge is 2.31. The molecule has 0 spiro atoms. The number of halogens is 5. The molecule has 2 aromatic rings. The highest BCUT2D eigenvalue weighted by molar-refractivity contribution is 7.92. The van der Waals surface area contributed by atoms with Crippen LogP contribution in [0.2, 0.25) is 10.0 Å². The summed E-state index contributed by atoms with van der Waals surface area (Å²) < 4.78 is 64.0. The van der Waals surface area contributed by atoms with Gasteiger partial charge in [-0.05, 0) is 49.2 Å². The lowest BCUT2D eigenvalue weighted by molar-refractivity contribution is -0.137. The van der Waals surface area contributed by atoms with Crippen molar-refractivity contribution >= 4 is 50.5 Å². The molecule has 0 saturated carbocycles. The fourth-order valence-corrected chi connectivity index (χ4v) is 4.07. The second-order valence-corrected chi connectivity index (χ2v) is 9.28. The second-order valence-electron chi connectivity index (χ2n) is 6.56. The lowest BCUT2D eigenvalue weighted by Crippen LogP contribution is -2.32. The summed E-state index contributed by atoms with van der Waals surface area (Å²) in [5.74, 6) is -0.590. The van der Waals surface area contributed by atoms with Gasteiger partial charge in [0.1, 0.15) is 0 Å². The first-order valence-corrected chi connectivity index (χ1v) is 11.3. The third-order valence-corrected chi connectivity index (χ3v) is 6.16. The lowest BCUT2D eigenvalue weighted by Gasteiger charge is -2.24. The molecule has 2 rings (SSSR count). The first-order valence-electron chi connectivity index (χ1n) is 8.70. The molecule has 1 N–H and O–H groups in total. The molecular formula is C19H19Cl2F3N2O3S. The van der Waals surface area contributed by atoms with Gasteiger partial charge in [-0.25, -0.2) is 8.42 Å². The van der Waals surface area contributed by atoms with Gasteiger partial charge in [-0.15, -0.1) is 0 Å². The maximum absolute atomic E-state index is 12.8. The summed E-state index contributed by atoms with van der Waals surface area (Å²) >= 11 is 11.9. The lowest BCUT2D eigenvalue weighted by atomic mass is 10.2. The van der Waals surface area contributed by atoms with Gasteiger partial charge in [0, 0.05) is 18.0 Å². The number of nitrogens with one attached hydrogen (secondary N) is 1. The number of rotatable bonds is 7. The largest absolute Gasteiger partial charge is 0.416 e. The number of alkyl halides is 3. The summed E-state index contributed by atoms with van der Waals surface area (Å²) in [5, 5.41) is 2.70. The van der Waals surface area contributed by atoms with Crippen LogP contribution in [0.25, 0.3) is 0 Å². The van der Waals surface area contributed by atoms with Crippen LogP contribution in [0.15, 0.2) is 36.4 Å². The molecular weight excluding hydrogens is 464 g/mol. The smallest absolute Gasteiger partial charge is 0.325 e. The maximum atomic E-state index is 12.8. The molecule has 0 atom stereocenters. The Bertz CT molecular complexity index is 1040. The molecule has 11 heteroatoms. The number of hydrogen-bond acceptors (Lipinski definition) is 3. The molecule has 0 radical (unpaired) electrons. The highest BCUT2D eigenvalue weighted by Crippen LogP contribution is 2.34. The average molecular weight is 483 g/mol. The molecule has 0 aliphatic heterocycles. The van der Waals surface area contributed by atoms with Crippen molar-refractivity contribution in [2.45, 2.75) is 25.9 Å². The van der Waals surface area contributed by atoms with Crippen LogP contribution in [-0.4, -0.2) is 27.1 Å². The SMILES string of the molecule is Cc1c(Cl)cccc1N(CCCC(=O)Nc1cc(C(F)(F)F)ccc1Cl)S(C)(=O)=O. The predicted molar refractivity (Wildman–Crippen MR) is 113 cm³/mol. The van der Waals surface area contributed by atoms with Crippen molar-refractivity contribution in [3.8, 4) is 0 Å². The Morgan fingerprint density at radius 3 is 2.40 bits per heavy atom. The molecule has 0 aliphatic rings. The fourth-order valence-electron chi connectivity index (χ4n) is 2.72. The first-order chi connectivity index (χ1) is 13.8. The number of anilines is 2. The molecule has 0 heterocycles. The van der Waals surface area contributed by atoms with Crippen molar-refractivity contribution in [1.29, 1.82) is 0 Å². The average Bonchev–Trinajstić information content (AvgIpc) is 2.61. The molecule has 0 bridgehead atoms. The summed E-state index contributed by atoms with van der Waals surface area (Å²) in [4.78, 5) is 12.2. The Hall–Kier alpha value is -1.97. The molecule has 2 aromatic carbocycles. The van der Waals surface area contributed by atoms with Gasteiger partial charge in [0.25, 0.3) is 0 Å². The van der Waals surface area contributed by atoms with Gasteiger partial charge in [0.2, 0.25) is 15.9 Å². The number of amides is 1. The van der Waals surface area contributed by atoms with Crippen LogP contribution < -0.4 is 9.62 Å². The molecule has 0 aromatic heterocycles. The van der Waals surface area contributed by atoms with Crippen LogP contribution in [0.5, 0.6) is 0 Å². The standard InChI is InChI=1S/C19H19Cl2F3N2O3S/c1-12-14(20)5-3-6-17(12)26(30(2,28)29)10-4-7-18(27)25-16-11-13(19(22,23)24)8-9-15(16)21/h3,5-6,8-9,11H,4,7,10H2,1-2H3,(H,25,27). The zero-order valence-electron chi connectivity index (χ0n) is 16.1. The normalized spacial score (nSPS) is 12.0. The van der Waals surface area contributed by atoms with Crippen LogP contribution in [0.4, 0.5) is 24.5 Å². The third-order valence-electron chi connectivity index (χ3n) is 4.24. The first kappa shape index (κ1) is 24.3. The van der Waals surface area contributed by atoms with E-state index in [4.69, 9.17) is 23.2 Å². The van der Waals surface area contributed by atoms with Gasteiger partial charge in [0.05, 0.1) is 28.2 Å². The predicted octanol–water partition coefficient (Wildman–Crippen LogP) is 5.51. The maximum Gasteiger partial charge on any atom is 0.416 e. The summed E-state index contributed by atoms with van der Waals surface area (Å²) in [7, 11) is -3.65. The van der Waals surface area contributed by atoms with Crippen LogP contribution in [0, 0.1) is 6.92 Å². The van der Waals surface area contributed by atoms with E-state index >= 15 is 0 Å². The Kier molecular flexibility index (Phi) is 7.65. The Morgan fingerprint density at radius 1 is 1.13 bits per heavy atom. The minimum Gasteiger partial charge on any atom is -0.325 e. The van der Waals surface area contributed by atoms with Crippen molar-refractivity contribution < 1.29 is 26.4 Å². The zero-order valence-corrected chi connectivity index (χ0v) is 18.4. The van der Waals surface area contributed by atoms with Crippen LogP contribution in [0.3, 0.4) is 0 Å². The molecule has 30 heavy (non-hydrogen) atoms. The fraction of sp³-hybridized carbons (Fsp3) is 0.316. The number of carbonyl (C=O) groups excluding carboxylic acids is 1. The number of benzene rings is 2. The van der Waals surface area contributed by atoms with E-state index < -0.39 is 27.7 Å². The van der Waals surface area contributed by atoms with Crippen molar-refractivity contribution in [2.75, 3.05) is 22.4 Å². The van der Waals surface area contributed by atoms with E-state index in [2.05, 4.69) is 5.32 Å². The van der Waals surface area contributed by atoms with E-state index in [9.17, 15) is 26.4 Å². The monoisotopic (exact) mass is 482 g/mol.